The van der Waals surface area contributed by atoms with Crippen LogP contribution in [0.25, 0.3) is 0 Å². The van der Waals surface area contributed by atoms with Crippen LogP contribution in [0, 0.1) is 29.1 Å². The fourth-order valence-electron chi connectivity index (χ4n) is 4.28. The number of carbonyl (C=O) groups is 1. The Morgan fingerprint density at radius 3 is 2.48 bits per heavy atom. The second kappa shape index (κ2) is 5.32. The van der Waals surface area contributed by atoms with Crippen molar-refractivity contribution in [1.29, 1.82) is 5.26 Å². The molecule has 2 heterocycles. The van der Waals surface area contributed by atoms with Crippen LogP contribution in [0.15, 0.2) is 4.99 Å². The van der Waals surface area contributed by atoms with Gasteiger partial charge < -0.3 is 4.90 Å². The van der Waals surface area contributed by atoms with Crippen LogP contribution in [0.3, 0.4) is 0 Å². The number of hydrogen-bond donors (Lipinski definition) is 1. The molecule has 1 N–H and O–H groups in total. The number of nitriles is 1. The van der Waals surface area contributed by atoms with E-state index < -0.39 is 11.5 Å². The van der Waals surface area contributed by atoms with Crippen LogP contribution >= 0.6 is 0 Å². The number of nitrogens with one attached hydrogen (secondary N) is 1. The van der Waals surface area contributed by atoms with Crippen LogP contribution in [-0.2, 0) is 4.79 Å². The summed E-state index contributed by atoms with van der Waals surface area (Å²) in [7, 11) is 0. The lowest BCUT2D eigenvalue weighted by atomic mass is 9.82. The average molecular weight is 288 g/mol. The fraction of sp³-hybridized carbons (Fsp3) is 0.812. The minimum Gasteiger partial charge on any atom is -0.342 e. The molecule has 0 radical (unpaired) electrons. The summed E-state index contributed by atoms with van der Waals surface area (Å²) in [5.41, 5.74) is -0.462. The topological polar surface area (TPSA) is 68.5 Å². The van der Waals surface area contributed by atoms with Crippen LogP contribution in [0.4, 0.5) is 0 Å². The highest BCUT2D eigenvalue weighted by Crippen LogP contribution is 2.41. The van der Waals surface area contributed by atoms with Gasteiger partial charge in [-0.05, 0) is 31.1 Å². The fourth-order valence-corrected chi connectivity index (χ4v) is 4.28. The molecule has 3 atom stereocenters. The summed E-state index contributed by atoms with van der Waals surface area (Å²) < 4.78 is 0. The molecule has 114 valence electrons. The number of aliphatic imine (C=N–C) groups is 1. The summed E-state index contributed by atoms with van der Waals surface area (Å²) >= 11 is 0. The van der Waals surface area contributed by atoms with E-state index in [0.717, 1.165) is 38.8 Å². The standard InChI is InChI=1S/C16H24N4O/c1-11-7-12(2)10-20(9-11)15-18-14(21)13(8-17)16(19-15)5-3-4-6-16/h11-13H,3-7,9-10H2,1-2H3,(H,18,19,21)/t11-,12-,13+/m1/s1. The Morgan fingerprint density at radius 1 is 1.29 bits per heavy atom. The first kappa shape index (κ1) is 14.4. The molecular weight excluding hydrogens is 264 g/mol. The first-order valence-corrected chi connectivity index (χ1v) is 8.09. The van der Waals surface area contributed by atoms with E-state index in [1.165, 1.54) is 6.42 Å². The summed E-state index contributed by atoms with van der Waals surface area (Å²) in [5, 5.41) is 12.3. The van der Waals surface area contributed by atoms with Gasteiger partial charge in [-0.25, -0.2) is 4.99 Å². The second-order valence-electron chi connectivity index (χ2n) is 7.15. The van der Waals surface area contributed by atoms with Gasteiger partial charge in [0.15, 0.2) is 5.92 Å². The van der Waals surface area contributed by atoms with Gasteiger partial charge in [-0.15, -0.1) is 0 Å². The normalized spacial score (nSPS) is 35.3. The van der Waals surface area contributed by atoms with Gasteiger partial charge in [0.05, 0.1) is 11.6 Å². The lowest BCUT2D eigenvalue weighted by Gasteiger charge is -2.41. The highest BCUT2D eigenvalue weighted by Gasteiger charge is 2.49. The molecule has 3 aliphatic rings. The zero-order valence-electron chi connectivity index (χ0n) is 12.9. The molecule has 0 aromatic heterocycles. The summed E-state index contributed by atoms with van der Waals surface area (Å²) in [6.07, 6.45) is 5.08. The molecule has 0 unspecified atom stereocenters. The highest BCUT2D eigenvalue weighted by atomic mass is 16.2. The molecular formula is C16H24N4O. The maximum Gasteiger partial charge on any atom is 0.246 e. The van der Waals surface area contributed by atoms with Gasteiger partial charge in [-0.3, -0.25) is 10.1 Å². The monoisotopic (exact) mass is 288 g/mol. The van der Waals surface area contributed by atoms with E-state index in [-0.39, 0.29) is 5.91 Å². The van der Waals surface area contributed by atoms with Gasteiger partial charge in [-0.2, -0.15) is 5.26 Å². The Bertz CT molecular complexity index is 491. The molecule has 0 aromatic rings. The Kier molecular flexibility index (Phi) is 3.64. The first-order chi connectivity index (χ1) is 10.0. The van der Waals surface area contributed by atoms with E-state index >= 15 is 0 Å². The van der Waals surface area contributed by atoms with Crippen LogP contribution in [-0.4, -0.2) is 35.4 Å². The van der Waals surface area contributed by atoms with Crippen molar-refractivity contribution in [2.75, 3.05) is 13.1 Å². The molecule has 1 saturated heterocycles. The van der Waals surface area contributed by atoms with Crippen molar-refractivity contribution in [3.05, 3.63) is 0 Å². The van der Waals surface area contributed by atoms with Crippen LogP contribution in [0.2, 0.25) is 0 Å². The third-order valence-electron chi connectivity index (χ3n) is 5.13. The predicted octanol–water partition coefficient (Wildman–Crippen LogP) is 1.90. The molecule has 2 fully saturated rings. The number of carbonyl (C=O) groups excluding carboxylic acids is 1. The number of amides is 1. The Balaban J connectivity index is 1.90. The van der Waals surface area contributed by atoms with Crippen LogP contribution in [0.1, 0.15) is 46.0 Å². The first-order valence-electron chi connectivity index (χ1n) is 8.09. The minimum atomic E-state index is -0.622. The van der Waals surface area contributed by atoms with Crippen LogP contribution in [0.5, 0.6) is 0 Å². The van der Waals surface area contributed by atoms with E-state index in [4.69, 9.17) is 4.99 Å². The van der Waals surface area contributed by atoms with Crippen molar-refractivity contribution in [3.63, 3.8) is 0 Å². The number of piperidine rings is 1. The summed E-state index contributed by atoms with van der Waals surface area (Å²) in [5.74, 6) is 1.16. The Morgan fingerprint density at radius 2 is 1.90 bits per heavy atom. The number of hydrogen-bond acceptors (Lipinski definition) is 4. The highest BCUT2D eigenvalue weighted by molar-refractivity contribution is 6.02. The number of guanidine groups is 1. The second-order valence-corrected chi connectivity index (χ2v) is 7.15. The smallest absolute Gasteiger partial charge is 0.246 e. The molecule has 0 aromatic carbocycles. The van der Waals surface area contributed by atoms with Crippen molar-refractivity contribution in [1.82, 2.24) is 10.2 Å². The third-order valence-corrected chi connectivity index (χ3v) is 5.13. The van der Waals surface area contributed by atoms with Gasteiger partial charge in [-0.1, -0.05) is 26.7 Å². The molecule has 1 aliphatic carbocycles. The van der Waals surface area contributed by atoms with Gasteiger partial charge in [0, 0.05) is 13.1 Å². The molecule has 1 saturated carbocycles. The van der Waals surface area contributed by atoms with Gasteiger partial charge in [0.1, 0.15) is 0 Å². The summed E-state index contributed by atoms with van der Waals surface area (Å²) in [4.78, 5) is 19.5. The summed E-state index contributed by atoms with van der Waals surface area (Å²) in [6, 6.07) is 2.19. The van der Waals surface area contributed by atoms with Crippen molar-refractivity contribution in [3.8, 4) is 6.07 Å². The molecule has 3 rings (SSSR count). The summed E-state index contributed by atoms with van der Waals surface area (Å²) in [6.45, 7) is 6.38. The van der Waals surface area contributed by atoms with Crippen LogP contribution < -0.4 is 5.32 Å². The number of rotatable bonds is 0. The molecule has 5 heteroatoms. The SMILES string of the molecule is C[C@@H]1C[C@@H](C)CN(C2=NC3(CCCC3)[C@@H](C#N)C(=O)N2)C1. The molecule has 0 bridgehead atoms. The van der Waals surface area contributed by atoms with Gasteiger partial charge >= 0.3 is 0 Å². The van der Waals surface area contributed by atoms with Crippen molar-refractivity contribution < 1.29 is 4.79 Å². The van der Waals surface area contributed by atoms with E-state index in [1.54, 1.807) is 0 Å². The van der Waals surface area contributed by atoms with E-state index in [9.17, 15) is 10.1 Å². The maximum atomic E-state index is 12.4. The minimum absolute atomic E-state index is 0.157. The van der Waals surface area contributed by atoms with E-state index in [0.29, 0.717) is 17.8 Å². The lowest BCUT2D eigenvalue weighted by Crippen LogP contribution is -2.58. The zero-order valence-corrected chi connectivity index (χ0v) is 12.9. The Hall–Kier alpha value is -1.57. The quantitative estimate of drug-likeness (QED) is 0.740. The third kappa shape index (κ3) is 2.52. The predicted molar refractivity (Wildman–Crippen MR) is 80.4 cm³/mol. The molecule has 21 heavy (non-hydrogen) atoms. The molecule has 5 nitrogen and oxygen atoms in total. The largest absolute Gasteiger partial charge is 0.342 e. The zero-order chi connectivity index (χ0) is 15.0. The molecule has 2 aliphatic heterocycles. The lowest BCUT2D eigenvalue weighted by molar-refractivity contribution is -0.124. The maximum absolute atomic E-state index is 12.4. The number of nitrogens with zero attached hydrogens (tertiary/aromatic N) is 3. The molecule has 1 amide bonds. The number of likely N-dealkylation sites (tertiary alicyclic amines) is 1. The van der Waals surface area contributed by atoms with Gasteiger partial charge in [0.2, 0.25) is 11.9 Å². The molecule has 1 spiro atoms. The van der Waals surface area contributed by atoms with Crippen molar-refractivity contribution >= 4 is 11.9 Å². The van der Waals surface area contributed by atoms with E-state index in [1.807, 2.05) is 0 Å². The average Bonchev–Trinajstić information content (AvgIpc) is 2.86. The Labute approximate surface area is 126 Å². The van der Waals surface area contributed by atoms with Crippen molar-refractivity contribution in [2.45, 2.75) is 51.5 Å². The van der Waals surface area contributed by atoms with Crippen molar-refractivity contribution in [2.24, 2.45) is 22.7 Å². The van der Waals surface area contributed by atoms with Gasteiger partial charge in [0.25, 0.3) is 0 Å². The van der Waals surface area contributed by atoms with E-state index in [2.05, 4.69) is 30.1 Å².